The van der Waals surface area contributed by atoms with E-state index in [0.717, 1.165) is 0 Å². The molecule has 26 valence electrons. The van der Waals surface area contributed by atoms with Gasteiger partial charge in [0.05, 0.1) is 0 Å². The maximum absolute atomic E-state index is 8.12. The molecule has 0 aromatic carbocycles. The van der Waals surface area contributed by atoms with E-state index in [2.05, 4.69) is 0 Å². The first-order chi connectivity index (χ1) is 1.41. The minimum atomic E-state index is 0. The Kier molecular flexibility index (Phi) is 158. The molecular weight excluding hydrogens is 66.9 g/mol. The van der Waals surface area contributed by atoms with Gasteiger partial charge in [-0.3, -0.25) is 0 Å². The van der Waals surface area contributed by atoms with Crippen LogP contribution in [0.15, 0.2) is 0 Å². The maximum atomic E-state index is 8.12. The van der Waals surface area contributed by atoms with Crippen LogP contribution in [0, 0.1) is 0 Å². The molecule has 0 aliphatic rings. The van der Waals surface area contributed by atoms with E-state index in [9.17, 15) is 0 Å². The molecule has 0 aromatic rings. The normalized spacial score (nSPS) is 1.60. The first-order valence-electron chi connectivity index (χ1n) is 0.408. The quantitative estimate of drug-likeness (QED) is 0.308. The van der Waals surface area contributed by atoms with E-state index in [1.165, 1.54) is 0 Å². The second-order valence-corrected chi connectivity index (χ2v) is 0.0833. The van der Waals surface area contributed by atoms with E-state index in [0.29, 0.717) is 0 Å². The van der Waals surface area contributed by atoms with Crippen LogP contribution in [0.1, 0.15) is 0 Å². The molecule has 0 aromatic heterocycles. The predicted octanol–water partition coefficient (Wildman–Crippen LogP) is -2.06. The molecule has 0 saturated heterocycles. The van der Waals surface area contributed by atoms with Gasteiger partial charge in [0.2, 0.25) is 0 Å². The Hall–Kier alpha value is -0.0626. The van der Waals surface area contributed by atoms with Crippen molar-refractivity contribution in [1.82, 2.24) is 0 Å². The zero-order valence-electron chi connectivity index (χ0n) is 1.82. The fourth-order valence-corrected chi connectivity index (χ4v) is 0. The Morgan fingerprint density at radius 3 is 1.20 bits per heavy atom. The third-order valence-electron chi connectivity index (χ3n) is 0. The molecule has 0 fully saturated rings. The average molecular weight is 70.0 g/mol. The zero-order chi connectivity index (χ0) is 2.71. The van der Waals surface area contributed by atoms with Crippen LogP contribution >= 0.6 is 0 Å². The second-order valence-electron chi connectivity index (χ2n) is 0.0833. The van der Waals surface area contributed by atoms with Gasteiger partial charge in [-0.15, -0.1) is 0 Å². The van der Waals surface area contributed by atoms with Gasteiger partial charge in [0.15, 0.2) is 0 Å². The van der Waals surface area contributed by atoms with Gasteiger partial charge in [-0.2, -0.15) is 9.59 Å². The summed E-state index contributed by atoms with van der Waals surface area (Å²) in [5, 5.41) is 0. The molecule has 0 bridgehead atoms. The summed E-state index contributed by atoms with van der Waals surface area (Å²) in [6, 6.07) is 0. The predicted molar refractivity (Wildman–Crippen MR) is 15.8 cm³/mol. The molecule has 0 saturated carbocycles. The topological polar surface area (TPSA) is 65.6 Å². The molecule has 0 amide bonds. The van der Waals surface area contributed by atoms with Gasteiger partial charge in [-0.1, -0.05) is 0 Å². The summed E-state index contributed by atoms with van der Waals surface area (Å²) < 4.78 is 0. The summed E-state index contributed by atoms with van der Waals surface area (Å²) in [6.45, 7) is 0. The van der Waals surface area contributed by atoms with E-state index in [4.69, 9.17) is 9.59 Å². The summed E-state index contributed by atoms with van der Waals surface area (Å²) in [5.74, 6) is 0. The van der Waals surface area contributed by atoms with Crippen LogP contribution in [-0.2, 0) is 9.59 Å². The molecule has 3 nitrogen and oxygen atoms in total. The van der Waals surface area contributed by atoms with E-state index in [1.807, 2.05) is 0 Å². The Balaban J connectivity index is -0.0000000200. The number of hydrogen-bond donors (Lipinski definition) is 0. The van der Waals surface area contributed by atoms with E-state index in [1.54, 1.807) is 0 Å². The molecule has 0 atom stereocenters. The Morgan fingerprint density at radius 2 is 1.20 bits per heavy atom. The van der Waals surface area contributed by atoms with E-state index in [-0.39, 0.29) is 30.5 Å². The number of hydrogen-bond acceptors (Lipinski definition) is 2. The summed E-state index contributed by atoms with van der Waals surface area (Å²) in [4.78, 5) is 16.2. The van der Waals surface area contributed by atoms with Gasteiger partial charge < -0.3 is 5.48 Å². The molecule has 0 spiro atoms. The number of carbonyl (C=O) groups excluding carboxylic acids is 2. The molecule has 0 aliphatic carbocycles. The standard InChI is InChI=1S/CO2.Li.H2O.H/c2-1-3;;;/h;;1H2;. The molecule has 5 heavy (non-hydrogen) atoms. The van der Waals surface area contributed by atoms with Gasteiger partial charge in [-0.25, -0.2) is 0 Å². The Labute approximate surface area is 40.8 Å². The fraction of sp³-hybridized carbons (Fsp3) is 0. The van der Waals surface area contributed by atoms with Crippen molar-refractivity contribution >= 4 is 25.0 Å². The van der Waals surface area contributed by atoms with Crippen molar-refractivity contribution in [1.29, 1.82) is 0 Å². The molecule has 0 rings (SSSR count). The average Bonchev–Trinajstić information content (AvgIpc) is 0.918. The zero-order valence-corrected chi connectivity index (χ0v) is 1.82. The third-order valence-corrected chi connectivity index (χ3v) is 0. The molecule has 0 unspecified atom stereocenters. The van der Waals surface area contributed by atoms with Crippen molar-refractivity contribution in [2.24, 2.45) is 0 Å². The van der Waals surface area contributed by atoms with Crippen molar-refractivity contribution in [3.63, 3.8) is 0 Å². The van der Waals surface area contributed by atoms with E-state index >= 15 is 0 Å². The van der Waals surface area contributed by atoms with Gasteiger partial charge in [0.25, 0.3) is 0 Å². The van der Waals surface area contributed by atoms with Gasteiger partial charge in [0.1, 0.15) is 0 Å². The molecule has 0 heterocycles. The summed E-state index contributed by atoms with van der Waals surface area (Å²) in [6.07, 6.45) is 0.250. The third kappa shape index (κ3) is 3770. The monoisotopic (exact) mass is 70.0 g/mol. The number of rotatable bonds is 0. The van der Waals surface area contributed by atoms with Crippen molar-refractivity contribution < 1.29 is 15.1 Å². The first kappa shape index (κ1) is 20.4. The van der Waals surface area contributed by atoms with Crippen molar-refractivity contribution in [3.05, 3.63) is 0 Å². The van der Waals surface area contributed by atoms with Crippen molar-refractivity contribution in [2.45, 2.75) is 0 Å². The van der Waals surface area contributed by atoms with Crippen LogP contribution in [0.2, 0.25) is 0 Å². The van der Waals surface area contributed by atoms with Crippen LogP contribution in [0.25, 0.3) is 0 Å². The SMILES string of the molecule is O.O=C=O.[LiH]. The van der Waals surface area contributed by atoms with E-state index < -0.39 is 0 Å². The first-order valence-corrected chi connectivity index (χ1v) is 0.408. The summed E-state index contributed by atoms with van der Waals surface area (Å²) in [5.41, 5.74) is 0. The Morgan fingerprint density at radius 1 is 1.20 bits per heavy atom. The molecule has 2 N–H and O–H groups in total. The van der Waals surface area contributed by atoms with Gasteiger partial charge >= 0.3 is 25.0 Å². The van der Waals surface area contributed by atoms with Crippen molar-refractivity contribution in [3.8, 4) is 0 Å². The summed E-state index contributed by atoms with van der Waals surface area (Å²) in [7, 11) is 0. The molecule has 0 aliphatic heterocycles. The fourth-order valence-electron chi connectivity index (χ4n) is 0. The van der Waals surface area contributed by atoms with Crippen molar-refractivity contribution in [2.75, 3.05) is 0 Å². The molecular formula is CH3LiO3. The van der Waals surface area contributed by atoms with Crippen LogP contribution in [0.3, 0.4) is 0 Å². The van der Waals surface area contributed by atoms with Crippen LogP contribution in [-0.4, -0.2) is 30.5 Å². The van der Waals surface area contributed by atoms with Crippen LogP contribution in [0.5, 0.6) is 0 Å². The summed E-state index contributed by atoms with van der Waals surface area (Å²) >= 11 is 0. The molecule has 4 heteroatoms. The second kappa shape index (κ2) is 38.7. The van der Waals surface area contributed by atoms with Gasteiger partial charge in [0, 0.05) is 0 Å². The Bertz CT molecular complexity index is 27.9. The minimum absolute atomic E-state index is 0. The van der Waals surface area contributed by atoms with Crippen LogP contribution in [0.4, 0.5) is 0 Å². The van der Waals surface area contributed by atoms with Crippen LogP contribution < -0.4 is 0 Å². The van der Waals surface area contributed by atoms with Gasteiger partial charge in [-0.05, 0) is 0 Å². The molecule has 0 radical (unpaired) electrons.